The maximum Gasteiger partial charge on any atom is 0.261 e. The van der Waals surface area contributed by atoms with Crippen LogP contribution in [-0.2, 0) is 9.59 Å². The number of Topliss-reactive ketones (excluding diaryl/α,β-unsaturated/α-hetero) is 1. The molecular formula is C21H29NO3. The molecule has 1 saturated heterocycles. The fourth-order valence-corrected chi connectivity index (χ4v) is 4.98. The Balaban J connectivity index is 2.15. The summed E-state index contributed by atoms with van der Waals surface area (Å²) in [6.07, 6.45) is 13.0. The standard InChI is InChI=1S/C21H29NO3/c1-5-8-15-12-11-14-9-6-7-10-16(14)21(15,3)19(24)17-18(23)13(2)22(4)20(17)25/h5,8,11-16,24H,6-7,9-10H2,1-4H3/b8-5+,19-17-/t13-,14-,15+,16+,21+/m0/s1. The van der Waals surface area contributed by atoms with Crippen molar-refractivity contribution in [2.24, 2.45) is 23.2 Å². The lowest BCUT2D eigenvalue weighted by Gasteiger charge is -2.49. The summed E-state index contributed by atoms with van der Waals surface area (Å²) < 4.78 is 0. The number of rotatable bonds is 2. The highest BCUT2D eigenvalue weighted by Crippen LogP contribution is 2.55. The van der Waals surface area contributed by atoms with E-state index in [0.29, 0.717) is 5.92 Å². The van der Waals surface area contributed by atoms with Gasteiger partial charge in [0, 0.05) is 18.4 Å². The topological polar surface area (TPSA) is 57.6 Å². The third kappa shape index (κ3) is 2.57. The van der Waals surface area contributed by atoms with Crippen LogP contribution in [-0.4, -0.2) is 34.8 Å². The first kappa shape index (κ1) is 18.0. The van der Waals surface area contributed by atoms with Crippen LogP contribution in [0.3, 0.4) is 0 Å². The molecule has 0 unspecified atom stereocenters. The van der Waals surface area contributed by atoms with E-state index in [0.717, 1.165) is 19.3 Å². The molecule has 0 bridgehead atoms. The quantitative estimate of drug-likeness (QED) is 0.359. The Hall–Kier alpha value is -1.84. The van der Waals surface area contributed by atoms with Crippen molar-refractivity contribution in [2.45, 2.75) is 52.5 Å². The average Bonchev–Trinajstić information content (AvgIpc) is 2.80. The SMILES string of the molecule is C/C=C/[C@@H]1C=C[C@@H]2CCCC[C@H]2[C@]1(C)/C(O)=C1\C(=O)[C@H](C)N(C)C1=O. The van der Waals surface area contributed by atoms with Gasteiger partial charge in [0.2, 0.25) is 0 Å². The maximum absolute atomic E-state index is 12.7. The van der Waals surface area contributed by atoms with Crippen LogP contribution < -0.4 is 0 Å². The molecule has 0 aromatic heterocycles. The van der Waals surface area contributed by atoms with Gasteiger partial charge >= 0.3 is 0 Å². The number of nitrogens with zero attached hydrogens (tertiary/aromatic N) is 1. The minimum Gasteiger partial charge on any atom is -0.511 e. The molecule has 0 spiro atoms. The van der Waals surface area contributed by atoms with Gasteiger partial charge in [-0.15, -0.1) is 0 Å². The molecule has 1 N–H and O–H groups in total. The first-order valence-corrected chi connectivity index (χ1v) is 9.40. The number of likely N-dealkylation sites (N-methyl/N-ethyl adjacent to an activating group) is 1. The molecule has 3 aliphatic rings. The number of aliphatic hydroxyl groups is 1. The Bertz CT molecular complexity index is 653. The number of hydrogen-bond acceptors (Lipinski definition) is 3. The van der Waals surface area contributed by atoms with E-state index in [4.69, 9.17) is 0 Å². The molecule has 2 aliphatic carbocycles. The summed E-state index contributed by atoms with van der Waals surface area (Å²) in [6, 6.07) is -0.505. The first-order valence-electron chi connectivity index (χ1n) is 9.40. The molecule has 0 aromatic carbocycles. The largest absolute Gasteiger partial charge is 0.511 e. The van der Waals surface area contributed by atoms with Crippen molar-refractivity contribution < 1.29 is 14.7 Å². The number of aliphatic hydroxyl groups excluding tert-OH is 1. The molecule has 4 heteroatoms. The lowest BCUT2D eigenvalue weighted by Crippen LogP contribution is -2.44. The van der Waals surface area contributed by atoms with Crippen LogP contribution in [0.25, 0.3) is 0 Å². The van der Waals surface area contributed by atoms with E-state index >= 15 is 0 Å². The summed E-state index contributed by atoms with van der Waals surface area (Å²) in [7, 11) is 1.63. The second kappa shape index (κ2) is 6.47. The van der Waals surface area contributed by atoms with Crippen molar-refractivity contribution in [3.8, 4) is 0 Å². The van der Waals surface area contributed by atoms with Gasteiger partial charge in [-0.1, -0.05) is 44.1 Å². The van der Waals surface area contributed by atoms with Gasteiger partial charge in [-0.25, -0.2) is 0 Å². The van der Waals surface area contributed by atoms with Gasteiger partial charge in [-0.3, -0.25) is 9.59 Å². The minimum atomic E-state index is -0.613. The van der Waals surface area contributed by atoms with Crippen LogP contribution >= 0.6 is 0 Å². The second-order valence-electron chi connectivity index (χ2n) is 7.95. The fraction of sp³-hybridized carbons (Fsp3) is 0.619. The number of carbonyl (C=O) groups excluding carboxylic acids is 2. The van der Waals surface area contributed by atoms with Crippen LogP contribution in [0.2, 0.25) is 0 Å². The molecule has 136 valence electrons. The number of allylic oxidation sites excluding steroid dienone is 5. The summed E-state index contributed by atoms with van der Waals surface area (Å²) in [4.78, 5) is 26.7. The molecule has 2 fully saturated rings. The van der Waals surface area contributed by atoms with Crippen LogP contribution in [0.5, 0.6) is 0 Å². The Morgan fingerprint density at radius 1 is 1.28 bits per heavy atom. The molecule has 1 heterocycles. The maximum atomic E-state index is 12.7. The number of likely N-dealkylation sites (tertiary alicyclic amines) is 1. The van der Waals surface area contributed by atoms with Gasteiger partial charge in [-0.05, 0) is 38.5 Å². The van der Waals surface area contributed by atoms with Gasteiger partial charge in [0.05, 0.1) is 6.04 Å². The molecule has 1 saturated carbocycles. The lowest BCUT2D eigenvalue weighted by atomic mass is 9.55. The third-order valence-electron chi connectivity index (χ3n) is 6.74. The van der Waals surface area contributed by atoms with E-state index in [1.54, 1.807) is 14.0 Å². The molecule has 25 heavy (non-hydrogen) atoms. The van der Waals surface area contributed by atoms with Gasteiger partial charge in [-0.2, -0.15) is 0 Å². The normalized spacial score (nSPS) is 40.7. The van der Waals surface area contributed by atoms with Crippen molar-refractivity contribution in [1.82, 2.24) is 4.90 Å². The van der Waals surface area contributed by atoms with Crippen molar-refractivity contribution >= 4 is 11.7 Å². The predicted octanol–water partition coefficient (Wildman–Crippen LogP) is 3.80. The van der Waals surface area contributed by atoms with Crippen molar-refractivity contribution in [3.63, 3.8) is 0 Å². The number of fused-ring (bicyclic) bond motifs is 1. The van der Waals surface area contributed by atoms with Gasteiger partial charge in [0.15, 0.2) is 5.78 Å². The molecule has 0 radical (unpaired) electrons. The number of hydrogen-bond donors (Lipinski definition) is 1. The minimum absolute atomic E-state index is 0.00282. The Morgan fingerprint density at radius 2 is 1.96 bits per heavy atom. The number of ketones is 1. The molecule has 0 aromatic rings. The van der Waals surface area contributed by atoms with Crippen LogP contribution in [0.1, 0.15) is 46.5 Å². The second-order valence-corrected chi connectivity index (χ2v) is 7.95. The van der Waals surface area contributed by atoms with Crippen molar-refractivity contribution in [2.75, 3.05) is 7.05 Å². The highest BCUT2D eigenvalue weighted by atomic mass is 16.3. The molecular weight excluding hydrogens is 314 g/mol. The Labute approximate surface area is 150 Å². The Kier molecular flexibility index (Phi) is 4.65. The smallest absolute Gasteiger partial charge is 0.261 e. The summed E-state index contributed by atoms with van der Waals surface area (Å²) >= 11 is 0. The summed E-state index contributed by atoms with van der Waals surface area (Å²) in [5, 5.41) is 11.3. The predicted molar refractivity (Wildman–Crippen MR) is 97.9 cm³/mol. The van der Waals surface area contributed by atoms with E-state index in [1.165, 1.54) is 11.3 Å². The first-order chi connectivity index (χ1) is 11.8. The zero-order chi connectivity index (χ0) is 18.4. The zero-order valence-corrected chi connectivity index (χ0v) is 15.7. The zero-order valence-electron chi connectivity index (χ0n) is 15.7. The van der Waals surface area contributed by atoms with Crippen LogP contribution in [0.15, 0.2) is 35.6 Å². The summed E-state index contributed by atoms with van der Waals surface area (Å²) in [5.74, 6) is 0.0467. The monoisotopic (exact) mass is 343 g/mol. The lowest BCUT2D eigenvalue weighted by molar-refractivity contribution is -0.125. The van der Waals surface area contributed by atoms with E-state index in [1.807, 2.05) is 19.9 Å². The van der Waals surface area contributed by atoms with Crippen LogP contribution in [0, 0.1) is 23.2 Å². The molecule has 5 atom stereocenters. The van der Waals surface area contributed by atoms with E-state index < -0.39 is 11.5 Å². The molecule has 3 rings (SSSR count). The van der Waals surface area contributed by atoms with Gasteiger partial charge in [0.25, 0.3) is 5.91 Å². The summed E-state index contributed by atoms with van der Waals surface area (Å²) in [6.45, 7) is 5.72. The van der Waals surface area contributed by atoms with Crippen molar-refractivity contribution in [3.05, 3.63) is 35.6 Å². The van der Waals surface area contributed by atoms with Crippen molar-refractivity contribution in [1.29, 1.82) is 0 Å². The molecule has 4 nitrogen and oxygen atoms in total. The van der Waals surface area contributed by atoms with Gasteiger partial charge < -0.3 is 10.0 Å². The summed E-state index contributed by atoms with van der Waals surface area (Å²) in [5.41, 5.74) is -0.607. The third-order valence-corrected chi connectivity index (χ3v) is 6.74. The number of carbonyl (C=O) groups is 2. The number of amides is 1. The molecule has 1 amide bonds. The Morgan fingerprint density at radius 3 is 2.56 bits per heavy atom. The highest BCUT2D eigenvalue weighted by molar-refractivity contribution is 6.26. The van der Waals surface area contributed by atoms with E-state index in [9.17, 15) is 14.7 Å². The van der Waals surface area contributed by atoms with E-state index in [2.05, 4.69) is 18.2 Å². The van der Waals surface area contributed by atoms with Crippen LogP contribution in [0.4, 0.5) is 0 Å². The molecule has 1 aliphatic heterocycles. The van der Waals surface area contributed by atoms with E-state index in [-0.39, 0.29) is 34.9 Å². The average molecular weight is 343 g/mol. The highest BCUT2D eigenvalue weighted by Gasteiger charge is 2.52. The van der Waals surface area contributed by atoms with Gasteiger partial charge in [0.1, 0.15) is 11.3 Å². The fourth-order valence-electron chi connectivity index (χ4n) is 4.98.